The SMILES string of the molecule is Cc1cccc(-n2cc(C)c(CC3CN3)cc2=O)c1. The van der Waals surface area contributed by atoms with Crippen LogP contribution in [0.3, 0.4) is 0 Å². The van der Waals surface area contributed by atoms with E-state index >= 15 is 0 Å². The molecule has 0 aliphatic carbocycles. The van der Waals surface area contributed by atoms with Crippen molar-refractivity contribution in [2.75, 3.05) is 6.54 Å². The van der Waals surface area contributed by atoms with Crippen molar-refractivity contribution in [3.05, 3.63) is 63.6 Å². The molecule has 0 radical (unpaired) electrons. The number of rotatable bonds is 3. The molecule has 0 saturated carbocycles. The normalized spacial score (nSPS) is 17.5. The van der Waals surface area contributed by atoms with Crippen molar-refractivity contribution in [1.82, 2.24) is 9.88 Å². The molecule has 19 heavy (non-hydrogen) atoms. The highest BCUT2D eigenvalue weighted by atomic mass is 16.1. The average molecular weight is 254 g/mol. The standard InChI is InChI=1S/C16H18N2O/c1-11-4-3-5-15(6-11)18-10-12(2)13(8-16(18)19)7-14-9-17-14/h3-6,8,10,14,17H,7,9H2,1-2H3. The Morgan fingerprint density at radius 2 is 2.11 bits per heavy atom. The Bertz CT molecular complexity index is 669. The fraction of sp³-hybridized carbons (Fsp3) is 0.312. The maximum Gasteiger partial charge on any atom is 0.255 e. The molecule has 3 rings (SSSR count). The fourth-order valence-corrected chi connectivity index (χ4v) is 2.37. The van der Waals surface area contributed by atoms with E-state index in [4.69, 9.17) is 0 Å². The van der Waals surface area contributed by atoms with Crippen LogP contribution in [-0.4, -0.2) is 17.2 Å². The van der Waals surface area contributed by atoms with Crippen LogP contribution in [0.2, 0.25) is 0 Å². The maximum atomic E-state index is 12.2. The zero-order valence-electron chi connectivity index (χ0n) is 11.3. The lowest BCUT2D eigenvalue weighted by Crippen LogP contribution is -2.19. The van der Waals surface area contributed by atoms with Gasteiger partial charge >= 0.3 is 0 Å². The first-order valence-electron chi connectivity index (χ1n) is 6.66. The van der Waals surface area contributed by atoms with Gasteiger partial charge < -0.3 is 5.32 Å². The Morgan fingerprint density at radius 3 is 2.79 bits per heavy atom. The van der Waals surface area contributed by atoms with E-state index in [9.17, 15) is 4.79 Å². The minimum absolute atomic E-state index is 0.0480. The molecule has 1 unspecified atom stereocenters. The lowest BCUT2D eigenvalue weighted by atomic mass is 10.1. The number of benzene rings is 1. The molecule has 2 aromatic rings. The van der Waals surface area contributed by atoms with E-state index < -0.39 is 0 Å². The molecule has 3 heteroatoms. The minimum atomic E-state index is 0.0480. The second-order valence-electron chi connectivity index (χ2n) is 5.34. The summed E-state index contributed by atoms with van der Waals surface area (Å²) in [6.07, 6.45) is 2.91. The van der Waals surface area contributed by atoms with E-state index in [1.165, 1.54) is 5.56 Å². The van der Waals surface area contributed by atoms with Crippen LogP contribution < -0.4 is 10.9 Å². The molecule has 1 aliphatic heterocycles. The Balaban J connectivity index is 2.02. The zero-order chi connectivity index (χ0) is 13.4. The third kappa shape index (κ3) is 2.61. The van der Waals surface area contributed by atoms with Gasteiger partial charge in [0.1, 0.15) is 0 Å². The molecular formula is C16H18N2O. The largest absolute Gasteiger partial charge is 0.311 e. The molecule has 0 bridgehead atoms. The van der Waals surface area contributed by atoms with Crippen molar-refractivity contribution in [3.63, 3.8) is 0 Å². The number of aromatic nitrogens is 1. The Labute approximate surface area is 112 Å². The third-order valence-corrected chi connectivity index (χ3v) is 3.60. The Morgan fingerprint density at radius 1 is 1.32 bits per heavy atom. The van der Waals surface area contributed by atoms with Crippen LogP contribution in [0.15, 0.2) is 41.3 Å². The van der Waals surface area contributed by atoms with E-state index in [0.717, 1.165) is 29.8 Å². The zero-order valence-corrected chi connectivity index (χ0v) is 11.3. The lowest BCUT2D eigenvalue weighted by Gasteiger charge is -2.11. The van der Waals surface area contributed by atoms with Crippen LogP contribution in [-0.2, 0) is 6.42 Å². The molecule has 1 aliphatic rings. The second-order valence-corrected chi connectivity index (χ2v) is 5.34. The van der Waals surface area contributed by atoms with Crippen LogP contribution in [0.5, 0.6) is 0 Å². The summed E-state index contributed by atoms with van der Waals surface area (Å²) in [5, 5.41) is 3.27. The molecule has 1 N–H and O–H groups in total. The summed E-state index contributed by atoms with van der Waals surface area (Å²) in [6, 6.07) is 10.4. The van der Waals surface area contributed by atoms with E-state index in [1.54, 1.807) is 10.6 Å². The molecule has 1 fully saturated rings. The summed E-state index contributed by atoms with van der Waals surface area (Å²) in [6.45, 7) is 5.18. The van der Waals surface area contributed by atoms with Gasteiger partial charge in [0.05, 0.1) is 0 Å². The third-order valence-electron chi connectivity index (χ3n) is 3.60. The van der Waals surface area contributed by atoms with Crippen molar-refractivity contribution in [1.29, 1.82) is 0 Å². The van der Waals surface area contributed by atoms with Crippen LogP contribution in [0.4, 0.5) is 0 Å². The van der Waals surface area contributed by atoms with Crippen LogP contribution in [0, 0.1) is 13.8 Å². The molecule has 1 aromatic carbocycles. The van der Waals surface area contributed by atoms with Crippen LogP contribution in [0.1, 0.15) is 16.7 Å². The highest BCUT2D eigenvalue weighted by Crippen LogP contribution is 2.14. The van der Waals surface area contributed by atoms with Gasteiger partial charge in [-0.15, -0.1) is 0 Å². The smallest absolute Gasteiger partial charge is 0.255 e. The number of hydrogen-bond acceptors (Lipinski definition) is 2. The molecular weight excluding hydrogens is 236 g/mol. The summed E-state index contributed by atoms with van der Waals surface area (Å²) in [5.74, 6) is 0. The fourth-order valence-electron chi connectivity index (χ4n) is 2.37. The molecule has 0 amide bonds. The van der Waals surface area contributed by atoms with Crippen molar-refractivity contribution in [2.45, 2.75) is 26.3 Å². The van der Waals surface area contributed by atoms with Gasteiger partial charge in [-0.3, -0.25) is 9.36 Å². The van der Waals surface area contributed by atoms with Gasteiger partial charge in [-0.05, 0) is 49.1 Å². The topological polar surface area (TPSA) is 43.9 Å². The van der Waals surface area contributed by atoms with Gasteiger partial charge in [0, 0.05) is 30.5 Å². The van der Waals surface area contributed by atoms with Gasteiger partial charge in [-0.2, -0.15) is 0 Å². The first kappa shape index (κ1) is 12.2. The molecule has 1 atom stereocenters. The minimum Gasteiger partial charge on any atom is -0.311 e. The van der Waals surface area contributed by atoms with E-state index in [1.807, 2.05) is 37.4 Å². The summed E-state index contributed by atoms with van der Waals surface area (Å²) < 4.78 is 1.73. The highest BCUT2D eigenvalue weighted by molar-refractivity contribution is 5.38. The maximum absolute atomic E-state index is 12.2. The van der Waals surface area contributed by atoms with Gasteiger partial charge in [-0.25, -0.2) is 0 Å². The number of nitrogens with zero attached hydrogens (tertiary/aromatic N) is 1. The molecule has 3 nitrogen and oxygen atoms in total. The van der Waals surface area contributed by atoms with E-state index in [0.29, 0.717) is 6.04 Å². The first-order valence-corrected chi connectivity index (χ1v) is 6.66. The van der Waals surface area contributed by atoms with Gasteiger partial charge in [0.2, 0.25) is 0 Å². The van der Waals surface area contributed by atoms with E-state index in [-0.39, 0.29) is 5.56 Å². The van der Waals surface area contributed by atoms with E-state index in [2.05, 4.69) is 12.2 Å². The van der Waals surface area contributed by atoms with Crippen molar-refractivity contribution in [3.8, 4) is 5.69 Å². The molecule has 2 heterocycles. The van der Waals surface area contributed by atoms with Gasteiger partial charge in [-0.1, -0.05) is 12.1 Å². The summed E-state index contributed by atoms with van der Waals surface area (Å²) in [4.78, 5) is 12.2. The van der Waals surface area contributed by atoms with Crippen molar-refractivity contribution in [2.24, 2.45) is 0 Å². The number of hydrogen-bond donors (Lipinski definition) is 1. The molecule has 1 aromatic heterocycles. The van der Waals surface area contributed by atoms with Crippen molar-refractivity contribution < 1.29 is 0 Å². The second kappa shape index (κ2) is 4.67. The molecule has 1 saturated heterocycles. The molecule has 0 spiro atoms. The first-order chi connectivity index (χ1) is 9.13. The predicted octanol–water partition coefficient (Wildman–Crippen LogP) is 1.97. The predicted molar refractivity (Wildman–Crippen MR) is 77.0 cm³/mol. The number of pyridine rings is 1. The van der Waals surface area contributed by atoms with Gasteiger partial charge in [0.15, 0.2) is 0 Å². The lowest BCUT2D eigenvalue weighted by molar-refractivity contribution is 0.887. The average Bonchev–Trinajstić information content (AvgIpc) is 3.17. The summed E-state index contributed by atoms with van der Waals surface area (Å²) in [7, 11) is 0. The Kier molecular flexibility index (Phi) is 2.99. The Hall–Kier alpha value is -1.87. The van der Waals surface area contributed by atoms with Crippen LogP contribution in [0.25, 0.3) is 5.69 Å². The summed E-state index contributed by atoms with van der Waals surface area (Å²) in [5.41, 5.74) is 4.48. The highest BCUT2D eigenvalue weighted by Gasteiger charge is 2.21. The quantitative estimate of drug-likeness (QED) is 0.851. The van der Waals surface area contributed by atoms with Gasteiger partial charge in [0.25, 0.3) is 5.56 Å². The summed E-state index contributed by atoms with van der Waals surface area (Å²) >= 11 is 0. The molecule has 98 valence electrons. The van der Waals surface area contributed by atoms with Crippen LogP contribution >= 0.6 is 0 Å². The monoisotopic (exact) mass is 254 g/mol. The number of aryl methyl sites for hydroxylation is 2. The van der Waals surface area contributed by atoms with Crippen molar-refractivity contribution >= 4 is 0 Å². The number of nitrogens with one attached hydrogen (secondary N) is 1.